The van der Waals surface area contributed by atoms with Crippen molar-refractivity contribution in [1.29, 1.82) is 5.26 Å². The lowest BCUT2D eigenvalue weighted by Crippen LogP contribution is -2.39. The highest BCUT2D eigenvalue weighted by Gasteiger charge is 2.27. The van der Waals surface area contributed by atoms with Crippen molar-refractivity contribution < 1.29 is 8.42 Å². The molecule has 1 aromatic carbocycles. The minimum Gasteiger partial charge on any atom is -0.258 e. The average molecular weight is 333 g/mol. The Bertz CT molecular complexity index is 777. The number of rotatable bonds is 5. The van der Waals surface area contributed by atoms with Crippen molar-refractivity contribution >= 4 is 22.6 Å². The lowest BCUT2D eigenvalue weighted by Gasteiger charge is -2.28. The van der Waals surface area contributed by atoms with Crippen LogP contribution in [0.4, 0.5) is 0 Å². The number of hydrazine groups is 1. The summed E-state index contributed by atoms with van der Waals surface area (Å²) in [4.78, 5) is -0.00546. The van der Waals surface area contributed by atoms with Gasteiger partial charge in [-0.3, -0.25) is 5.01 Å². The van der Waals surface area contributed by atoms with Crippen LogP contribution in [0.2, 0.25) is 0 Å². The third kappa shape index (κ3) is 4.07. The van der Waals surface area contributed by atoms with Gasteiger partial charge in [0.1, 0.15) is 6.34 Å². The largest absolute Gasteiger partial charge is 0.283 e. The van der Waals surface area contributed by atoms with Crippen molar-refractivity contribution in [3.8, 4) is 6.07 Å². The van der Waals surface area contributed by atoms with Gasteiger partial charge in [0.05, 0.1) is 23.1 Å². The second kappa shape index (κ2) is 6.38. The molecule has 0 saturated carbocycles. The average Bonchev–Trinajstić information content (AvgIpc) is 2.88. The minimum absolute atomic E-state index is 0.00546. The molecule has 0 fully saturated rings. The molecular weight excluding hydrogens is 314 g/mol. The number of hydrogen-bond acceptors (Lipinski definition) is 5. The highest BCUT2D eigenvalue weighted by molar-refractivity contribution is 7.90. The van der Waals surface area contributed by atoms with Gasteiger partial charge in [-0.15, -0.1) is 4.40 Å². The summed E-state index contributed by atoms with van der Waals surface area (Å²) in [6.07, 6.45) is 3.08. The van der Waals surface area contributed by atoms with Crippen molar-refractivity contribution in [3.05, 3.63) is 29.8 Å². The fraction of sp³-hybridized carbons (Fsp3) is 0.400. The molecule has 23 heavy (non-hydrogen) atoms. The van der Waals surface area contributed by atoms with Gasteiger partial charge >= 0.3 is 0 Å². The third-order valence-corrected chi connectivity index (χ3v) is 4.51. The summed E-state index contributed by atoms with van der Waals surface area (Å²) < 4.78 is 28.3. The Morgan fingerprint density at radius 2 is 2.26 bits per heavy atom. The van der Waals surface area contributed by atoms with E-state index in [0.717, 1.165) is 0 Å². The summed E-state index contributed by atoms with van der Waals surface area (Å²) in [5, 5.41) is 16.4. The molecule has 1 aliphatic rings. The fourth-order valence-corrected chi connectivity index (χ4v) is 2.92. The van der Waals surface area contributed by atoms with Gasteiger partial charge in [-0.05, 0) is 25.1 Å². The van der Waals surface area contributed by atoms with Crippen LogP contribution in [0.1, 0.15) is 26.3 Å². The molecule has 0 saturated heterocycles. The number of sulfonamides is 1. The highest BCUT2D eigenvalue weighted by atomic mass is 32.2. The Balaban J connectivity index is 2.20. The molecule has 0 aromatic heterocycles. The van der Waals surface area contributed by atoms with Crippen LogP contribution in [0.25, 0.3) is 0 Å². The minimum atomic E-state index is -3.86. The van der Waals surface area contributed by atoms with E-state index in [0.29, 0.717) is 13.1 Å². The standard InChI is InChI=1S/C15H19N5O2S/c1-4-19(20-11-15(2,3)10-17-20)12-18-23(21,22)14-7-5-6-13(8-14)9-16/h5-8,10,12H,4,11H2,1-3H3. The second-order valence-corrected chi connectivity index (χ2v) is 7.49. The number of hydrogen-bond donors (Lipinski definition) is 0. The molecule has 0 spiro atoms. The van der Waals surface area contributed by atoms with E-state index in [1.165, 1.54) is 24.5 Å². The van der Waals surface area contributed by atoms with Crippen molar-refractivity contribution in [2.24, 2.45) is 14.9 Å². The summed E-state index contributed by atoms with van der Waals surface area (Å²) in [6, 6.07) is 7.70. The summed E-state index contributed by atoms with van der Waals surface area (Å²) in [7, 11) is -3.86. The highest BCUT2D eigenvalue weighted by Crippen LogP contribution is 2.21. The van der Waals surface area contributed by atoms with Crippen molar-refractivity contribution in [1.82, 2.24) is 10.1 Å². The van der Waals surface area contributed by atoms with Gasteiger partial charge in [0, 0.05) is 18.2 Å². The smallest absolute Gasteiger partial charge is 0.258 e. The second-order valence-electron chi connectivity index (χ2n) is 5.85. The van der Waals surface area contributed by atoms with E-state index in [-0.39, 0.29) is 15.9 Å². The number of hydrazone groups is 1. The topological polar surface area (TPSA) is 89.1 Å². The summed E-state index contributed by atoms with van der Waals surface area (Å²) >= 11 is 0. The van der Waals surface area contributed by atoms with Gasteiger partial charge in [-0.25, -0.2) is 5.12 Å². The van der Waals surface area contributed by atoms with Crippen molar-refractivity contribution in [2.75, 3.05) is 13.1 Å². The molecule has 0 aliphatic carbocycles. The molecule has 0 N–H and O–H groups in total. The molecule has 7 nitrogen and oxygen atoms in total. The predicted octanol–water partition coefficient (Wildman–Crippen LogP) is 1.84. The van der Waals surface area contributed by atoms with Gasteiger partial charge in [-0.1, -0.05) is 19.9 Å². The number of benzene rings is 1. The predicted molar refractivity (Wildman–Crippen MR) is 88.2 cm³/mol. The maximum atomic E-state index is 12.3. The van der Waals surface area contributed by atoms with Crippen LogP contribution in [-0.2, 0) is 10.0 Å². The molecule has 0 bridgehead atoms. The molecule has 2 rings (SSSR count). The first-order chi connectivity index (χ1) is 10.8. The zero-order chi connectivity index (χ0) is 17.1. The summed E-state index contributed by atoms with van der Waals surface area (Å²) in [6.45, 7) is 7.16. The van der Waals surface area contributed by atoms with Crippen LogP contribution in [0, 0.1) is 16.7 Å². The zero-order valence-corrected chi connectivity index (χ0v) is 14.2. The molecule has 0 amide bonds. The molecule has 1 aliphatic heterocycles. The first kappa shape index (κ1) is 17.0. The van der Waals surface area contributed by atoms with E-state index in [1.54, 1.807) is 16.2 Å². The Hall–Kier alpha value is -2.40. The molecule has 122 valence electrons. The van der Waals surface area contributed by atoms with Crippen LogP contribution in [-0.4, -0.2) is 44.2 Å². The maximum Gasteiger partial charge on any atom is 0.283 e. The SMILES string of the molecule is CCN(C=NS(=O)(=O)c1cccc(C#N)c1)N1CC(C)(C)C=N1. The Kier molecular flexibility index (Phi) is 4.71. The van der Waals surface area contributed by atoms with Crippen LogP contribution in [0.15, 0.2) is 38.7 Å². The van der Waals surface area contributed by atoms with Crippen molar-refractivity contribution in [3.63, 3.8) is 0 Å². The van der Waals surface area contributed by atoms with E-state index in [1.807, 2.05) is 33.1 Å². The Morgan fingerprint density at radius 3 is 2.83 bits per heavy atom. The van der Waals surface area contributed by atoms with Gasteiger partial charge in [0.2, 0.25) is 0 Å². The molecule has 0 unspecified atom stereocenters. The molecule has 0 atom stereocenters. The molecule has 8 heteroatoms. The molecule has 1 aromatic rings. The lowest BCUT2D eigenvalue weighted by molar-refractivity contribution is 0.0545. The maximum absolute atomic E-state index is 12.3. The third-order valence-electron chi connectivity index (χ3n) is 3.29. The van der Waals surface area contributed by atoms with Crippen LogP contribution in [0.3, 0.4) is 0 Å². The summed E-state index contributed by atoms with van der Waals surface area (Å²) in [5.74, 6) is 0. The van der Waals surface area contributed by atoms with E-state index in [9.17, 15) is 8.42 Å². The van der Waals surface area contributed by atoms with Crippen molar-refractivity contribution in [2.45, 2.75) is 25.7 Å². The van der Waals surface area contributed by atoms with Crippen LogP contribution in [0.5, 0.6) is 0 Å². The van der Waals surface area contributed by atoms with E-state index >= 15 is 0 Å². The Morgan fingerprint density at radius 1 is 1.52 bits per heavy atom. The van der Waals surface area contributed by atoms with Gasteiger partial charge in [-0.2, -0.15) is 18.8 Å². The van der Waals surface area contributed by atoms with Gasteiger partial charge in [0.25, 0.3) is 10.0 Å². The van der Waals surface area contributed by atoms with Gasteiger partial charge in [0.15, 0.2) is 0 Å². The monoisotopic (exact) mass is 333 g/mol. The first-order valence-corrected chi connectivity index (χ1v) is 8.61. The van der Waals surface area contributed by atoms with E-state index in [4.69, 9.17) is 5.26 Å². The zero-order valence-electron chi connectivity index (χ0n) is 13.3. The number of nitriles is 1. The van der Waals surface area contributed by atoms with Crippen LogP contribution < -0.4 is 0 Å². The normalized spacial score (nSPS) is 16.7. The quantitative estimate of drug-likeness (QED) is 0.606. The number of nitrogens with zero attached hydrogens (tertiary/aromatic N) is 5. The molecular formula is C15H19N5O2S. The van der Waals surface area contributed by atoms with E-state index in [2.05, 4.69) is 9.50 Å². The first-order valence-electron chi connectivity index (χ1n) is 7.17. The fourth-order valence-electron chi connectivity index (χ4n) is 2.03. The molecule has 1 heterocycles. The lowest BCUT2D eigenvalue weighted by atomic mass is 9.97. The van der Waals surface area contributed by atoms with Gasteiger partial charge < -0.3 is 0 Å². The van der Waals surface area contributed by atoms with E-state index < -0.39 is 10.0 Å². The van der Waals surface area contributed by atoms with Crippen LogP contribution >= 0.6 is 0 Å². The summed E-state index contributed by atoms with van der Waals surface area (Å²) in [5.41, 5.74) is 0.209. The molecule has 0 radical (unpaired) electrons. The Labute approximate surface area is 136 Å².